The van der Waals surface area contributed by atoms with Crippen LogP contribution in [0.25, 0.3) is 6.08 Å². The second kappa shape index (κ2) is 11.2. The fourth-order valence-corrected chi connectivity index (χ4v) is 3.31. The molecule has 0 radical (unpaired) electrons. The summed E-state index contributed by atoms with van der Waals surface area (Å²) in [6.45, 7) is 2.83. The van der Waals surface area contributed by atoms with E-state index in [1.165, 1.54) is 38.3 Å². The van der Waals surface area contributed by atoms with Gasteiger partial charge in [-0.05, 0) is 43.7 Å². The van der Waals surface area contributed by atoms with Crippen LogP contribution in [0.4, 0.5) is 10.5 Å². The number of hydrogen-bond donors (Lipinski definition) is 1. The van der Waals surface area contributed by atoms with Crippen LogP contribution in [0.2, 0.25) is 0 Å². The first-order chi connectivity index (χ1) is 17.6. The van der Waals surface area contributed by atoms with Crippen LogP contribution in [0.3, 0.4) is 0 Å². The van der Waals surface area contributed by atoms with Crippen LogP contribution in [0.1, 0.15) is 35.7 Å². The van der Waals surface area contributed by atoms with E-state index in [-0.39, 0.29) is 47.4 Å². The summed E-state index contributed by atoms with van der Waals surface area (Å²) in [6.07, 6.45) is 0.0586. The molecule has 2 heterocycles. The van der Waals surface area contributed by atoms with Gasteiger partial charge in [0.15, 0.2) is 11.9 Å². The number of hydrogen-bond acceptors (Lipinski definition) is 11. The lowest BCUT2D eigenvalue weighted by atomic mass is 10.1. The molecule has 1 aliphatic heterocycles. The highest BCUT2D eigenvalue weighted by molar-refractivity contribution is 6.13. The van der Waals surface area contributed by atoms with Gasteiger partial charge < -0.3 is 28.7 Å². The average Bonchev–Trinajstić information content (AvgIpc) is 3.44. The van der Waals surface area contributed by atoms with Gasteiger partial charge in [-0.3, -0.25) is 19.8 Å². The van der Waals surface area contributed by atoms with Crippen LogP contribution < -0.4 is 14.8 Å². The quantitative estimate of drug-likeness (QED) is 0.161. The normalized spacial score (nSPS) is 14.8. The Bertz CT molecular complexity index is 1280. The van der Waals surface area contributed by atoms with Gasteiger partial charge in [0.05, 0.1) is 32.3 Å². The monoisotopic (exact) mass is 517 g/mol. The largest absolute Gasteiger partial charge is 0.490 e. The van der Waals surface area contributed by atoms with Crippen molar-refractivity contribution in [1.82, 2.24) is 10.2 Å². The minimum Gasteiger partial charge on any atom is -0.490 e. The van der Waals surface area contributed by atoms with E-state index in [1.807, 2.05) is 0 Å². The summed E-state index contributed by atoms with van der Waals surface area (Å²) in [7, 11) is 2.33. The van der Waals surface area contributed by atoms with Crippen molar-refractivity contribution >= 4 is 35.6 Å². The number of methoxy groups -OCH3 is 2. The molecule has 0 bridgehead atoms. The van der Waals surface area contributed by atoms with Crippen molar-refractivity contribution in [1.29, 1.82) is 0 Å². The summed E-state index contributed by atoms with van der Waals surface area (Å²) in [4.78, 5) is 60.5. The summed E-state index contributed by atoms with van der Waals surface area (Å²) in [5.74, 6) is -2.50. The molecule has 0 unspecified atom stereocenters. The van der Waals surface area contributed by atoms with Gasteiger partial charge in [0.2, 0.25) is 11.5 Å². The number of amides is 3. The maximum atomic E-state index is 12.9. The minimum absolute atomic E-state index is 0.0566. The van der Waals surface area contributed by atoms with Crippen LogP contribution in [-0.2, 0) is 25.6 Å². The molecule has 196 valence electrons. The molecule has 3 amide bonds. The van der Waals surface area contributed by atoms with Crippen molar-refractivity contribution in [2.45, 2.75) is 26.5 Å². The molecule has 3 rings (SSSR count). The van der Waals surface area contributed by atoms with E-state index < -0.39 is 40.6 Å². The summed E-state index contributed by atoms with van der Waals surface area (Å²) < 4.78 is 25.4. The van der Waals surface area contributed by atoms with Crippen molar-refractivity contribution in [3.05, 3.63) is 57.2 Å². The maximum absolute atomic E-state index is 12.9. The molecule has 1 saturated heterocycles. The molecule has 1 aromatic heterocycles. The van der Waals surface area contributed by atoms with Crippen molar-refractivity contribution in [2.75, 3.05) is 20.8 Å². The summed E-state index contributed by atoms with van der Waals surface area (Å²) in [5.41, 5.74) is -0.559. The average molecular weight is 517 g/mol. The molecule has 14 nitrogen and oxygen atoms in total. The summed E-state index contributed by atoms with van der Waals surface area (Å²) >= 11 is 0. The van der Waals surface area contributed by atoms with E-state index in [1.54, 1.807) is 6.92 Å². The van der Waals surface area contributed by atoms with Gasteiger partial charge in [-0.2, -0.15) is 0 Å². The van der Waals surface area contributed by atoms with E-state index in [4.69, 9.17) is 13.9 Å². The molecular weight excluding hydrogens is 494 g/mol. The summed E-state index contributed by atoms with van der Waals surface area (Å²) in [6, 6.07) is 4.46. The Labute approximate surface area is 209 Å². The highest BCUT2D eigenvalue weighted by Crippen LogP contribution is 2.40. The van der Waals surface area contributed by atoms with Crippen molar-refractivity contribution in [3.63, 3.8) is 0 Å². The third-order valence-electron chi connectivity index (χ3n) is 5.02. The number of carbonyl (C=O) groups excluding carboxylic acids is 4. The molecule has 1 fully saturated rings. The number of carbonyl (C=O) groups is 4. The Hall–Kier alpha value is -4.88. The predicted octanol–water partition coefficient (Wildman–Crippen LogP) is 2.41. The Morgan fingerprint density at radius 3 is 2.57 bits per heavy atom. The zero-order valence-corrected chi connectivity index (χ0v) is 20.3. The second-order valence-electron chi connectivity index (χ2n) is 7.48. The minimum atomic E-state index is -1.17. The molecule has 37 heavy (non-hydrogen) atoms. The number of nitro benzene ring substituents is 1. The molecule has 0 saturated carbocycles. The molecule has 1 aromatic carbocycles. The second-order valence-corrected chi connectivity index (χ2v) is 7.48. The molecule has 0 spiro atoms. The first kappa shape index (κ1) is 26.7. The number of ether oxygens (including phenoxy) is 4. The maximum Gasteiger partial charge on any atom is 0.373 e. The SMILES string of the molecule is CCOc1cc(/C=C2\NC(=O)N(Cc3ccc(C(=O)OC)o3)C2=O)cc([N+](=O)[O-])c1O[C@@H](C)C(=O)OC. The number of urea groups is 1. The Morgan fingerprint density at radius 1 is 1.22 bits per heavy atom. The Balaban J connectivity index is 1.92. The first-order valence-corrected chi connectivity index (χ1v) is 10.8. The van der Waals surface area contributed by atoms with Crippen LogP contribution in [0.5, 0.6) is 11.5 Å². The number of esters is 2. The van der Waals surface area contributed by atoms with Gasteiger partial charge in [0.1, 0.15) is 11.5 Å². The third-order valence-corrected chi connectivity index (χ3v) is 5.02. The van der Waals surface area contributed by atoms with Crippen molar-refractivity contribution < 1.29 is 47.5 Å². The topological polar surface area (TPSA) is 177 Å². The molecule has 14 heteroatoms. The van der Waals surface area contributed by atoms with Crippen LogP contribution >= 0.6 is 0 Å². The first-order valence-electron chi connectivity index (χ1n) is 10.8. The van der Waals surface area contributed by atoms with Crippen molar-refractivity contribution in [2.24, 2.45) is 0 Å². The third kappa shape index (κ3) is 5.86. The van der Waals surface area contributed by atoms with E-state index >= 15 is 0 Å². The standard InChI is InChI=1S/C23H23N3O11/c1-5-35-18-10-13(9-16(26(31)32)19(18)36-12(2)21(28)33-3)8-15-20(27)25(23(30)24-15)11-14-6-7-17(37-14)22(29)34-4/h6-10,12H,5,11H2,1-4H3,(H,24,30)/b15-8-/t12-/m0/s1. The molecule has 1 atom stereocenters. The smallest absolute Gasteiger partial charge is 0.373 e. The lowest BCUT2D eigenvalue weighted by Gasteiger charge is -2.16. The highest BCUT2D eigenvalue weighted by atomic mass is 16.6. The number of imide groups is 1. The van der Waals surface area contributed by atoms with Crippen LogP contribution in [0, 0.1) is 10.1 Å². The fraction of sp³-hybridized carbons (Fsp3) is 0.304. The molecule has 0 aliphatic carbocycles. The van der Waals surface area contributed by atoms with E-state index in [9.17, 15) is 29.3 Å². The fourth-order valence-electron chi connectivity index (χ4n) is 3.31. The van der Waals surface area contributed by atoms with Gasteiger partial charge in [-0.15, -0.1) is 0 Å². The van der Waals surface area contributed by atoms with E-state index in [2.05, 4.69) is 14.8 Å². The number of nitrogens with one attached hydrogen (secondary N) is 1. The van der Waals surface area contributed by atoms with Gasteiger partial charge in [0.25, 0.3) is 5.91 Å². The van der Waals surface area contributed by atoms with E-state index in [0.29, 0.717) is 0 Å². The van der Waals surface area contributed by atoms with Gasteiger partial charge in [0, 0.05) is 6.07 Å². The number of benzene rings is 1. The predicted molar refractivity (Wildman–Crippen MR) is 123 cm³/mol. The lowest BCUT2D eigenvalue weighted by molar-refractivity contribution is -0.386. The van der Waals surface area contributed by atoms with E-state index in [0.717, 1.165) is 18.1 Å². The summed E-state index contributed by atoms with van der Waals surface area (Å²) in [5, 5.41) is 14.2. The van der Waals surface area contributed by atoms with Crippen LogP contribution in [-0.4, -0.2) is 60.6 Å². The highest BCUT2D eigenvalue weighted by Gasteiger charge is 2.35. The lowest BCUT2D eigenvalue weighted by Crippen LogP contribution is -2.30. The zero-order valence-electron chi connectivity index (χ0n) is 20.3. The number of furan rings is 1. The molecular formula is C23H23N3O11. The number of nitrogens with zero attached hydrogens (tertiary/aromatic N) is 2. The molecule has 1 N–H and O–H groups in total. The van der Waals surface area contributed by atoms with Crippen molar-refractivity contribution in [3.8, 4) is 11.5 Å². The zero-order chi connectivity index (χ0) is 27.3. The molecule has 1 aliphatic rings. The molecule has 2 aromatic rings. The number of nitro groups is 1. The number of rotatable bonds is 10. The van der Waals surface area contributed by atoms with Gasteiger partial charge >= 0.3 is 23.7 Å². The Morgan fingerprint density at radius 2 is 1.95 bits per heavy atom. The Kier molecular flexibility index (Phi) is 8.12. The van der Waals surface area contributed by atoms with Gasteiger partial charge in [-0.1, -0.05) is 0 Å². The van der Waals surface area contributed by atoms with Gasteiger partial charge in [-0.25, -0.2) is 14.4 Å². The van der Waals surface area contributed by atoms with Crippen LogP contribution in [0.15, 0.2) is 34.4 Å².